The summed E-state index contributed by atoms with van der Waals surface area (Å²) in [6.07, 6.45) is 0. The van der Waals surface area contributed by atoms with Crippen LogP contribution in [0.3, 0.4) is 0 Å². The van der Waals surface area contributed by atoms with Crippen molar-refractivity contribution in [2.75, 3.05) is 18.4 Å². The van der Waals surface area contributed by atoms with Crippen molar-refractivity contribution < 1.29 is 14.4 Å². The van der Waals surface area contributed by atoms with Gasteiger partial charge in [0.25, 0.3) is 0 Å². The van der Waals surface area contributed by atoms with Crippen molar-refractivity contribution in [2.45, 2.75) is 13.8 Å². The number of nitrogens with one attached hydrogen (secondary N) is 3. The molecule has 3 amide bonds. The average Bonchev–Trinajstić information content (AvgIpc) is 2.84. The lowest BCUT2D eigenvalue weighted by Gasteiger charge is -2.05. The number of amides is 3. The summed E-state index contributed by atoms with van der Waals surface area (Å²) in [5.74, 6) is -1.10. The molecule has 0 saturated heterocycles. The van der Waals surface area contributed by atoms with Gasteiger partial charge in [0.15, 0.2) is 5.13 Å². The highest BCUT2D eigenvalue weighted by Crippen LogP contribution is 2.26. The second kappa shape index (κ2) is 6.99. The number of fused-ring (bicyclic) bond motifs is 1. The van der Waals surface area contributed by atoms with Crippen molar-refractivity contribution in [1.29, 1.82) is 0 Å². The van der Waals surface area contributed by atoms with Gasteiger partial charge >= 0.3 is 0 Å². The molecule has 8 heteroatoms. The Morgan fingerprint density at radius 3 is 2.59 bits per heavy atom. The monoisotopic (exact) mass is 320 g/mol. The van der Waals surface area contributed by atoms with Crippen LogP contribution >= 0.6 is 11.3 Å². The van der Waals surface area contributed by atoms with Crippen molar-refractivity contribution in [1.82, 2.24) is 15.6 Å². The van der Waals surface area contributed by atoms with Crippen molar-refractivity contribution in [3.8, 4) is 0 Å². The Morgan fingerprint density at radius 1 is 1.14 bits per heavy atom. The van der Waals surface area contributed by atoms with E-state index in [1.165, 1.54) is 18.3 Å². The van der Waals surface area contributed by atoms with Crippen LogP contribution in [0.1, 0.15) is 12.5 Å². The van der Waals surface area contributed by atoms with E-state index in [1.54, 1.807) is 0 Å². The summed E-state index contributed by atoms with van der Waals surface area (Å²) < 4.78 is 0.991. The lowest BCUT2D eigenvalue weighted by Crippen LogP contribution is -2.39. The molecule has 0 radical (unpaired) electrons. The molecular formula is C14H16N4O3S. The zero-order chi connectivity index (χ0) is 16.1. The SMILES string of the molecule is CC(=O)NCC(=O)NCC(=O)Nc1nc2ccc(C)cc2s1. The van der Waals surface area contributed by atoms with E-state index >= 15 is 0 Å². The Hall–Kier alpha value is -2.48. The molecule has 0 saturated carbocycles. The van der Waals surface area contributed by atoms with Crippen LogP contribution in [0.25, 0.3) is 10.2 Å². The molecule has 1 heterocycles. The first-order chi connectivity index (χ1) is 10.4. The molecule has 0 fully saturated rings. The fourth-order valence-electron chi connectivity index (χ4n) is 1.69. The number of anilines is 1. The number of hydrogen-bond acceptors (Lipinski definition) is 5. The number of hydrogen-bond donors (Lipinski definition) is 3. The van der Waals surface area contributed by atoms with Crippen molar-refractivity contribution >= 4 is 44.4 Å². The molecule has 0 spiro atoms. The number of aryl methyl sites for hydroxylation is 1. The Kier molecular flexibility index (Phi) is 5.05. The van der Waals surface area contributed by atoms with Crippen LogP contribution in [0.15, 0.2) is 18.2 Å². The van der Waals surface area contributed by atoms with E-state index in [1.807, 2.05) is 25.1 Å². The fourth-order valence-corrected chi connectivity index (χ4v) is 2.68. The first-order valence-corrected chi connectivity index (χ1v) is 7.44. The predicted octanol–water partition coefficient (Wildman–Crippen LogP) is 0.796. The first kappa shape index (κ1) is 15.9. The van der Waals surface area contributed by atoms with Gasteiger partial charge < -0.3 is 16.0 Å². The van der Waals surface area contributed by atoms with Crippen molar-refractivity contribution in [2.24, 2.45) is 0 Å². The number of aromatic nitrogens is 1. The molecule has 0 aliphatic rings. The standard InChI is InChI=1S/C14H16N4O3S/c1-8-3-4-10-11(5-8)22-14(17-10)18-13(21)7-16-12(20)6-15-9(2)19/h3-5H,6-7H2,1-2H3,(H,15,19)(H,16,20)(H,17,18,21). The van der Waals surface area contributed by atoms with E-state index in [2.05, 4.69) is 20.9 Å². The van der Waals surface area contributed by atoms with Gasteiger partial charge in [-0.3, -0.25) is 14.4 Å². The minimum absolute atomic E-state index is 0.150. The molecule has 0 unspecified atom stereocenters. The summed E-state index contributed by atoms with van der Waals surface area (Å²) in [6.45, 7) is 2.98. The Morgan fingerprint density at radius 2 is 1.86 bits per heavy atom. The van der Waals surface area contributed by atoms with E-state index in [9.17, 15) is 14.4 Å². The van der Waals surface area contributed by atoms with E-state index < -0.39 is 5.91 Å². The summed E-state index contributed by atoms with van der Waals surface area (Å²) in [5, 5.41) is 7.89. The van der Waals surface area contributed by atoms with Gasteiger partial charge in [-0.1, -0.05) is 17.4 Å². The Labute approximate surface area is 131 Å². The molecule has 22 heavy (non-hydrogen) atoms. The second-order valence-electron chi connectivity index (χ2n) is 4.72. The Bertz CT molecular complexity index is 726. The largest absolute Gasteiger partial charge is 0.347 e. The van der Waals surface area contributed by atoms with Gasteiger partial charge in [0.1, 0.15) is 0 Å². The quantitative estimate of drug-likeness (QED) is 0.758. The minimum atomic E-state index is -0.426. The number of nitrogens with zero attached hydrogens (tertiary/aromatic N) is 1. The van der Waals surface area contributed by atoms with Crippen LogP contribution in [0, 0.1) is 6.92 Å². The van der Waals surface area contributed by atoms with Crippen LogP contribution in [0.2, 0.25) is 0 Å². The number of carbonyl (C=O) groups excluding carboxylic acids is 3. The second-order valence-corrected chi connectivity index (χ2v) is 5.76. The third kappa shape index (κ3) is 4.52. The molecule has 0 atom stereocenters. The van der Waals surface area contributed by atoms with E-state index in [-0.39, 0.29) is 24.9 Å². The smallest absolute Gasteiger partial charge is 0.245 e. The zero-order valence-corrected chi connectivity index (χ0v) is 13.0. The number of benzene rings is 1. The number of carbonyl (C=O) groups is 3. The van der Waals surface area contributed by atoms with Crippen LogP contribution in [-0.4, -0.2) is 35.8 Å². The van der Waals surface area contributed by atoms with Crippen molar-refractivity contribution in [3.63, 3.8) is 0 Å². The lowest BCUT2D eigenvalue weighted by atomic mass is 10.2. The highest BCUT2D eigenvalue weighted by molar-refractivity contribution is 7.22. The summed E-state index contributed by atoms with van der Waals surface area (Å²) >= 11 is 1.38. The van der Waals surface area contributed by atoms with Gasteiger partial charge in [0.05, 0.1) is 23.3 Å². The third-order valence-electron chi connectivity index (χ3n) is 2.73. The van der Waals surface area contributed by atoms with E-state index in [4.69, 9.17) is 0 Å². The van der Waals surface area contributed by atoms with Gasteiger partial charge in [-0.25, -0.2) is 4.98 Å². The van der Waals surface area contributed by atoms with E-state index in [0.717, 1.165) is 15.8 Å². The Balaban J connectivity index is 1.85. The van der Waals surface area contributed by atoms with Crippen LogP contribution in [0.4, 0.5) is 5.13 Å². The summed E-state index contributed by atoms with van der Waals surface area (Å²) in [4.78, 5) is 38.1. The van der Waals surface area contributed by atoms with E-state index in [0.29, 0.717) is 5.13 Å². The highest BCUT2D eigenvalue weighted by Gasteiger charge is 2.09. The van der Waals surface area contributed by atoms with Gasteiger partial charge in [-0.2, -0.15) is 0 Å². The van der Waals surface area contributed by atoms with Crippen molar-refractivity contribution in [3.05, 3.63) is 23.8 Å². The maximum atomic E-state index is 11.8. The molecule has 116 valence electrons. The normalized spacial score (nSPS) is 10.3. The maximum Gasteiger partial charge on any atom is 0.245 e. The van der Waals surface area contributed by atoms with Crippen LogP contribution in [-0.2, 0) is 14.4 Å². The molecule has 1 aromatic heterocycles. The molecule has 0 aliphatic carbocycles. The highest BCUT2D eigenvalue weighted by atomic mass is 32.1. The molecule has 3 N–H and O–H groups in total. The molecule has 2 rings (SSSR count). The van der Waals surface area contributed by atoms with Gasteiger partial charge in [-0.05, 0) is 24.6 Å². The van der Waals surface area contributed by atoms with Crippen LogP contribution in [0.5, 0.6) is 0 Å². The van der Waals surface area contributed by atoms with Gasteiger partial charge in [0.2, 0.25) is 17.7 Å². The fraction of sp³-hybridized carbons (Fsp3) is 0.286. The maximum absolute atomic E-state index is 11.8. The molecule has 0 aliphatic heterocycles. The number of thiazole rings is 1. The minimum Gasteiger partial charge on any atom is -0.347 e. The molecule has 7 nitrogen and oxygen atoms in total. The number of rotatable bonds is 5. The summed E-state index contributed by atoms with van der Waals surface area (Å²) in [7, 11) is 0. The van der Waals surface area contributed by atoms with Crippen LogP contribution < -0.4 is 16.0 Å². The molecule has 0 bridgehead atoms. The lowest BCUT2D eigenvalue weighted by molar-refractivity contribution is -0.126. The topological polar surface area (TPSA) is 100 Å². The summed E-state index contributed by atoms with van der Waals surface area (Å²) in [6, 6.07) is 5.85. The first-order valence-electron chi connectivity index (χ1n) is 6.62. The zero-order valence-electron chi connectivity index (χ0n) is 12.2. The average molecular weight is 320 g/mol. The molecule has 1 aromatic carbocycles. The predicted molar refractivity (Wildman–Crippen MR) is 84.7 cm³/mol. The van der Waals surface area contributed by atoms with Gasteiger partial charge in [0, 0.05) is 6.92 Å². The summed E-state index contributed by atoms with van der Waals surface area (Å²) in [5.41, 5.74) is 1.94. The third-order valence-corrected chi connectivity index (χ3v) is 3.67. The molecular weight excluding hydrogens is 304 g/mol. The van der Waals surface area contributed by atoms with Gasteiger partial charge in [-0.15, -0.1) is 0 Å². The molecule has 2 aromatic rings.